The molecule has 3 N–H and O–H groups in total. The predicted molar refractivity (Wildman–Crippen MR) is 119 cm³/mol. The van der Waals surface area contributed by atoms with Crippen molar-refractivity contribution in [3.8, 4) is 11.4 Å². The van der Waals surface area contributed by atoms with Crippen LogP contribution in [0.4, 0.5) is 4.79 Å². The van der Waals surface area contributed by atoms with E-state index in [0.717, 1.165) is 5.69 Å². The molecule has 0 bridgehead atoms. The number of halogens is 1. The second-order valence-corrected chi connectivity index (χ2v) is 8.49. The summed E-state index contributed by atoms with van der Waals surface area (Å²) in [6.07, 6.45) is 0. The molecule has 8 nitrogen and oxygen atoms in total. The smallest absolute Gasteiger partial charge is 0.318 e. The molecule has 162 valence electrons. The Kier molecular flexibility index (Phi) is 7.54. The van der Waals surface area contributed by atoms with E-state index in [0.29, 0.717) is 21.8 Å². The average molecular weight is 460 g/mol. The van der Waals surface area contributed by atoms with Gasteiger partial charge in [-0.15, -0.1) is 10.2 Å². The molecule has 0 aliphatic heterocycles. The van der Waals surface area contributed by atoms with E-state index in [9.17, 15) is 9.59 Å². The largest absolute Gasteiger partial charge is 0.486 e. The van der Waals surface area contributed by atoms with Gasteiger partial charge in [-0.2, -0.15) is 0 Å². The van der Waals surface area contributed by atoms with E-state index >= 15 is 0 Å². The zero-order chi connectivity index (χ0) is 22.4. The number of amides is 3. The fourth-order valence-corrected chi connectivity index (χ4v) is 3.98. The van der Waals surface area contributed by atoms with Gasteiger partial charge in [0.2, 0.25) is 5.91 Å². The lowest BCUT2D eigenvalue weighted by Gasteiger charge is -2.19. The lowest BCUT2D eigenvalue weighted by molar-refractivity contribution is -0.120. The van der Waals surface area contributed by atoms with Crippen molar-refractivity contribution in [1.82, 2.24) is 20.1 Å². The third kappa shape index (κ3) is 5.99. The van der Waals surface area contributed by atoms with Crippen LogP contribution in [0.25, 0.3) is 5.69 Å². The number of para-hydroxylation sites is 1. The Morgan fingerprint density at radius 2 is 1.81 bits per heavy atom. The molecule has 0 spiro atoms. The molecule has 0 saturated carbocycles. The molecular formula is C21H22ClN5O3S. The number of thioether (sulfide) groups is 1. The lowest BCUT2D eigenvalue weighted by atomic mass is 10.1. The highest BCUT2D eigenvalue weighted by Gasteiger charge is 2.28. The molecule has 3 aromatic rings. The first kappa shape index (κ1) is 22.6. The van der Waals surface area contributed by atoms with Gasteiger partial charge in [-0.05, 0) is 42.3 Å². The molecule has 3 amide bonds. The van der Waals surface area contributed by atoms with Crippen LogP contribution in [0.2, 0.25) is 5.02 Å². The molecule has 0 radical (unpaired) electrons. The Bertz CT molecular complexity index is 1040. The van der Waals surface area contributed by atoms with Gasteiger partial charge in [0, 0.05) is 10.7 Å². The summed E-state index contributed by atoms with van der Waals surface area (Å²) in [7, 11) is 0. The number of nitrogens with zero attached hydrogens (tertiary/aromatic N) is 3. The van der Waals surface area contributed by atoms with Crippen LogP contribution in [0, 0.1) is 5.92 Å². The molecule has 0 saturated heterocycles. The van der Waals surface area contributed by atoms with Crippen molar-refractivity contribution in [2.24, 2.45) is 11.7 Å². The van der Waals surface area contributed by atoms with Crippen LogP contribution in [-0.2, 0) is 11.4 Å². The zero-order valence-electron chi connectivity index (χ0n) is 17.0. The molecule has 1 unspecified atom stereocenters. The molecule has 1 heterocycles. The average Bonchev–Trinajstić information content (AvgIpc) is 3.14. The number of primary amides is 1. The minimum absolute atomic E-state index is 0.0842. The highest BCUT2D eigenvalue weighted by atomic mass is 35.5. The van der Waals surface area contributed by atoms with Crippen molar-refractivity contribution < 1.29 is 14.3 Å². The molecule has 3 rings (SSSR count). The van der Waals surface area contributed by atoms with Crippen LogP contribution in [0.15, 0.2) is 59.8 Å². The summed E-state index contributed by atoms with van der Waals surface area (Å²) in [4.78, 5) is 23.6. The SMILES string of the molecule is CC(C)C(Sc1nnc(COc2ccc(Cl)cc2)n1-c1ccccc1)C(=O)NC(N)=O. The van der Waals surface area contributed by atoms with E-state index in [1.165, 1.54) is 11.8 Å². The fourth-order valence-electron chi connectivity index (χ4n) is 2.78. The van der Waals surface area contributed by atoms with Crippen molar-refractivity contribution in [2.45, 2.75) is 30.9 Å². The summed E-state index contributed by atoms with van der Waals surface area (Å²) in [6, 6.07) is 15.6. The maximum Gasteiger partial charge on any atom is 0.318 e. The summed E-state index contributed by atoms with van der Waals surface area (Å²) in [6.45, 7) is 3.92. The van der Waals surface area contributed by atoms with Gasteiger partial charge in [0.25, 0.3) is 0 Å². The molecule has 0 aliphatic carbocycles. The minimum atomic E-state index is -0.891. The van der Waals surface area contributed by atoms with Crippen molar-refractivity contribution in [2.75, 3.05) is 0 Å². The molecule has 2 aromatic carbocycles. The van der Waals surface area contributed by atoms with Gasteiger partial charge in [-0.1, -0.05) is 55.4 Å². The molecule has 0 aliphatic rings. The molecule has 1 atom stereocenters. The molecule has 1 aromatic heterocycles. The Balaban J connectivity index is 1.90. The number of carbonyl (C=O) groups excluding carboxylic acids is 2. The predicted octanol–water partition coefficient (Wildman–Crippen LogP) is 3.81. The quantitative estimate of drug-likeness (QED) is 0.495. The van der Waals surface area contributed by atoms with Crippen LogP contribution in [0.3, 0.4) is 0 Å². The van der Waals surface area contributed by atoms with Crippen molar-refractivity contribution in [3.05, 3.63) is 65.4 Å². The fraction of sp³-hybridized carbons (Fsp3) is 0.238. The summed E-state index contributed by atoms with van der Waals surface area (Å²) >= 11 is 7.13. The van der Waals surface area contributed by atoms with E-state index < -0.39 is 17.2 Å². The van der Waals surface area contributed by atoms with Crippen molar-refractivity contribution in [1.29, 1.82) is 0 Å². The van der Waals surface area contributed by atoms with E-state index in [2.05, 4.69) is 15.5 Å². The van der Waals surface area contributed by atoms with E-state index in [4.69, 9.17) is 22.1 Å². The number of ether oxygens (including phenoxy) is 1. The van der Waals surface area contributed by atoms with E-state index in [-0.39, 0.29) is 12.5 Å². The molecule has 31 heavy (non-hydrogen) atoms. The number of rotatable bonds is 8. The van der Waals surface area contributed by atoms with Gasteiger partial charge in [0.05, 0.1) is 5.25 Å². The number of imide groups is 1. The third-order valence-corrected chi connectivity index (χ3v) is 5.98. The number of nitrogens with two attached hydrogens (primary N) is 1. The van der Waals surface area contributed by atoms with Crippen LogP contribution in [0.1, 0.15) is 19.7 Å². The van der Waals surface area contributed by atoms with Gasteiger partial charge < -0.3 is 10.5 Å². The standard InChI is InChI=1S/C21H22ClN5O3S/c1-13(2)18(19(28)24-20(23)29)31-21-26-25-17(27(21)15-6-4-3-5-7-15)12-30-16-10-8-14(22)9-11-16/h3-11,13,18H,12H2,1-2H3,(H3,23,24,28,29). The number of nitrogens with one attached hydrogen (secondary N) is 1. The van der Waals surface area contributed by atoms with Crippen LogP contribution in [-0.4, -0.2) is 32.0 Å². The monoisotopic (exact) mass is 459 g/mol. The van der Waals surface area contributed by atoms with Gasteiger partial charge >= 0.3 is 6.03 Å². The second kappa shape index (κ2) is 10.3. The topological polar surface area (TPSA) is 112 Å². The summed E-state index contributed by atoms with van der Waals surface area (Å²) in [5, 5.41) is 11.2. The summed E-state index contributed by atoms with van der Waals surface area (Å²) < 4.78 is 7.67. The second-order valence-electron chi connectivity index (χ2n) is 6.95. The highest BCUT2D eigenvalue weighted by Crippen LogP contribution is 2.30. The maximum absolute atomic E-state index is 12.5. The van der Waals surface area contributed by atoms with Gasteiger partial charge in [-0.25, -0.2) is 4.79 Å². The first-order valence-electron chi connectivity index (χ1n) is 9.50. The van der Waals surface area contributed by atoms with Gasteiger partial charge in [-0.3, -0.25) is 14.7 Å². The Morgan fingerprint density at radius 3 is 2.42 bits per heavy atom. The van der Waals surface area contributed by atoms with Crippen LogP contribution >= 0.6 is 23.4 Å². The minimum Gasteiger partial charge on any atom is -0.486 e. The zero-order valence-corrected chi connectivity index (χ0v) is 18.6. The van der Waals surface area contributed by atoms with Gasteiger partial charge in [0.1, 0.15) is 12.4 Å². The number of carbonyl (C=O) groups is 2. The first-order chi connectivity index (χ1) is 14.8. The molecular weight excluding hydrogens is 438 g/mol. The Labute approximate surface area is 189 Å². The van der Waals surface area contributed by atoms with Gasteiger partial charge in [0.15, 0.2) is 11.0 Å². The van der Waals surface area contributed by atoms with Crippen LogP contribution < -0.4 is 15.8 Å². The van der Waals surface area contributed by atoms with Crippen molar-refractivity contribution >= 4 is 35.3 Å². The van der Waals surface area contributed by atoms with Crippen LogP contribution in [0.5, 0.6) is 5.75 Å². The molecule has 10 heteroatoms. The number of aromatic nitrogens is 3. The number of benzene rings is 2. The van der Waals surface area contributed by atoms with E-state index in [1.54, 1.807) is 24.3 Å². The number of hydrogen-bond acceptors (Lipinski definition) is 6. The highest BCUT2D eigenvalue weighted by molar-refractivity contribution is 8.00. The third-order valence-electron chi connectivity index (χ3n) is 4.24. The Morgan fingerprint density at radius 1 is 1.13 bits per heavy atom. The first-order valence-corrected chi connectivity index (χ1v) is 10.8. The molecule has 0 fully saturated rings. The number of urea groups is 1. The normalized spacial score (nSPS) is 11.9. The maximum atomic E-state index is 12.5. The van der Waals surface area contributed by atoms with E-state index in [1.807, 2.05) is 48.7 Å². The summed E-state index contributed by atoms with van der Waals surface area (Å²) in [5.74, 6) is 0.636. The lowest BCUT2D eigenvalue weighted by Crippen LogP contribution is -2.42. The summed E-state index contributed by atoms with van der Waals surface area (Å²) in [5.41, 5.74) is 5.94. The van der Waals surface area contributed by atoms with Crippen molar-refractivity contribution in [3.63, 3.8) is 0 Å². The Hall–Kier alpha value is -3.04. The number of hydrogen-bond donors (Lipinski definition) is 2.